The van der Waals surface area contributed by atoms with Gasteiger partial charge in [-0.25, -0.2) is 0 Å². The number of aromatic hydroxyl groups is 3. The van der Waals surface area contributed by atoms with Crippen LogP contribution in [-0.2, 0) is 6.42 Å². The molecule has 7 nitrogen and oxygen atoms in total. The molecule has 3 aromatic rings. The van der Waals surface area contributed by atoms with Gasteiger partial charge in [0, 0.05) is 17.2 Å². The van der Waals surface area contributed by atoms with Crippen LogP contribution < -0.4 is 10.2 Å². The van der Waals surface area contributed by atoms with E-state index in [1.807, 2.05) is 19.9 Å². The molecule has 4 N–H and O–H groups in total. The monoisotopic (exact) mass is 438 g/mol. The molecular weight excluding hydrogens is 412 g/mol. The maximum Gasteiger partial charge on any atom is 0.204 e. The van der Waals surface area contributed by atoms with E-state index in [1.165, 1.54) is 12.3 Å². The lowest BCUT2D eigenvalue weighted by molar-refractivity contribution is 0.0711. The normalized spacial score (nSPS) is 14.9. The van der Waals surface area contributed by atoms with E-state index in [0.29, 0.717) is 11.3 Å². The van der Waals surface area contributed by atoms with Crippen LogP contribution in [0.25, 0.3) is 28.2 Å². The van der Waals surface area contributed by atoms with E-state index in [-0.39, 0.29) is 52.0 Å². The molecule has 0 saturated carbocycles. The molecule has 0 spiro atoms. The molecule has 0 aliphatic carbocycles. The molecule has 1 aliphatic heterocycles. The fourth-order valence-corrected chi connectivity index (χ4v) is 3.82. The highest BCUT2D eigenvalue weighted by molar-refractivity contribution is 5.91. The quantitative estimate of drug-likeness (QED) is 0.474. The molecule has 32 heavy (non-hydrogen) atoms. The molecular formula is C25H26O7. The molecule has 2 heterocycles. The van der Waals surface area contributed by atoms with Crippen LogP contribution in [0.4, 0.5) is 0 Å². The van der Waals surface area contributed by atoms with Gasteiger partial charge in [0.2, 0.25) is 5.43 Å². The summed E-state index contributed by atoms with van der Waals surface area (Å²) >= 11 is 0. The minimum atomic E-state index is -1.01. The van der Waals surface area contributed by atoms with Crippen LogP contribution in [-0.4, -0.2) is 31.6 Å². The van der Waals surface area contributed by atoms with Crippen molar-refractivity contribution in [1.82, 2.24) is 0 Å². The molecule has 0 atom stereocenters. The summed E-state index contributed by atoms with van der Waals surface area (Å²) in [4.78, 5) is 13.3. The lowest BCUT2D eigenvalue weighted by Gasteiger charge is -2.28. The molecule has 168 valence electrons. The lowest BCUT2D eigenvalue weighted by Crippen LogP contribution is -2.27. The molecule has 0 amide bonds. The zero-order valence-corrected chi connectivity index (χ0v) is 18.4. The van der Waals surface area contributed by atoms with Crippen molar-refractivity contribution < 1.29 is 29.6 Å². The highest BCUT2D eigenvalue weighted by Gasteiger charge is 2.26. The Morgan fingerprint density at radius 3 is 2.47 bits per heavy atom. The molecule has 0 fully saturated rings. The van der Waals surface area contributed by atoms with Gasteiger partial charge in [0.15, 0.2) is 0 Å². The van der Waals surface area contributed by atoms with E-state index in [4.69, 9.17) is 9.15 Å². The van der Waals surface area contributed by atoms with Crippen LogP contribution >= 0.6 is 0 Å². The molecule has 0 radical (unpaired) electrons. The van der Waals surface area contributed by atoms with Gasteiger partial charge in [0.05, 0.1) is 16.7 Å². The largest absolute Gasteiger partial charge is 0.507 e. The van der Waals surface area contributed by atoms with Crippen LogP contribution in [0.3, 0.4) is 0 Å². The number of hydrogen-bond donors (Lipinski definition) is 4. The first-order chi connectivity index (χ1) is 14.9. The van der Waals surface area contributed by atoms with Crippen molar-refractivity contribution in [3.8, 4) is 34.1 Å². The topological polar surface area (TPSA) is 120 Å². The van der Waals surface area contributed by atoms with Gasteiger partial charge < -0.3 is 29.6 Å². The fraction of sp³-hybridized carbons (Fsp3) is 0.320. The summed E-state index contributed by atoms with van der Waals surface area (Å²) in [6, 6.07) is 4.50. The first-order valence-electron chi connectivity index (χ1n) is 10.3. The average molecular weight is 438 g/mol. The number of phenols is 3. The maximum atomic E-state index is 13.3. The summed E-state index contributed by atoms with van der Waals surface area (Å²) in [5, 5.41) is 41.9. The van der Waals surface area contributed by atoms with Gasteiger partial charge in [0.25, 0.3) is 0 Å². The molecule has 1 aromatic heterocycles. The zero-order valence-electron chi connectivity index (χ0n) is 18.4. The first-order valence-corrected chi connectivity index (χ1v) is 10.3. The van der Waals surface area contributed by atoms with Crippen molar-refractivity contribution in [3.63, 3.8) is 0 Å². The van der Waals surface area contributed by atoms with Gasteiger partial charge >= 0.3 is 0 Å². The first kappa shape index (κ1) is 21.8. The second kappa shape index (κ2) is 7.31. The molecule has 1 aliphatic rings. The molecule has 0 saturated heterocycles. The third-order valence-electron chi connectivity index (χ3n) is 5.60. The Labute approximate surface area is 184 Å². The number of ether oxygens (including phenoxy) is 1. The number of benzene rings is 2. The Morgan fingerprint density at radius 1 is 1.06 bits per heavy atom. The van der Waals surface area contributed by atoms with Crippen molar-refractivity contribution in [2.45, 2.75) is 51.7 Å². The smallest absolute Gasteiger partial charge is 0.204 e. The van der Waals surface area contributed by atoms with E-state index >= 15 is 0 Å². The predicted molar refractivity (Wildman–Crippen MR) is 121 cm³/mol. The van der Waals surface area contributed by atoms with Crippen molar-refractivity contribution in [2.24, 2.45) is 0 Å². The molecule has 4 rings (SSSR count). The van der Waals surface area contributed by atoms with Crippen molar-refractivity contribution >= 4 is 17.0 Å². The van der Waals surface area contributed by atoms with E-state index in [1.54, 1.807) is 32.1 Å². The Balaban J connectivity index is 1.87. The Hall–Kier alpha value is -3.45. The maximum absolute atomic E-state index is 13.3. The van der Waals surface area contributed by atoms with E-state index < -0.39 is 22.4 Å². The van der Waals surface area contributed by atoms with Crippen LogP contribution in [0.2, 0.25) is 0 Å². The lowest BCUT2D eigenvalue weighted by atomic mass is 9.94. The van der Waals surface area contributed by atoms with Crippen LogP contribution in [0.15, 0.2) is 39.7 Å². The number of rotatable bonds is 4. The predicted octanol–water partition coefficient (Wildman–Crippen LogP) is 4.46. The molecule has 0 unspecified atom stereocenters. The highest BCUT2D eigenvalue weighted by Crippen LogP contribution is 2.43. The number of hydrogen-bond acceptors (Lipinski definition) is 7. The van der Waals surface area contributed by atoms with Crippen LogP contribution in [0.1, 0.15) is 45.2 Å². The van der Waals surface area contributed by atoms with Gasteiger partial charge in [-0.15, -0.1) is 0 Å². The number of aliphatic hydroxyl groups is 1. The van der Waals surface area contributed by atoms with Gasteiger partial charge in [-0.05, 0) is 64.8 Å². The summed E-state index contributed by atoms with van der Waals surface area (Å²) in [6.45, 7) is 7.02. The summed E-state index contributed by atoms with van der Waals surface area (Å²) in [7, 11) is 0. The molecule has 0 bridgehead atoms. The molecule has 7 heteroatoms. The summed E-state index contributed by atoms with van der Waals surface area (Å²) in [5.41, 5.74) is -1.18. The third-order valence-corrected chi connectivity index (χ3v) is 5.60. The second-order valence-corrected chi connectivity index (χ2v) is 9.30. The van der Waals surface area contributed by atoms with Crippen LogP contribution in [0.5, 0.6) is 23.0 Å². The van der Waals surface area contributed by atoms with Crippen molar-refractivity contribution in [1.29, 1.82) is 0 Å². The van der Waals surface area contributed by atoms with E-state index in [9.17, 15) is 25.2 Å². The highest BCUT2D eigenvalue weighted by atomic mass is 16.5. The van der Waals surface area contributed by atoms with E-state index in [2.05, 4.69) is 0 Å². The van der Waals surface area contributed by atoms with E-state index in [0.717, 1.165) is 0 Å². The Kier molecular flexibility index (Phi) is 4.97. The van der Waals surface area contributed by atoms with Gasteiger partial charge in [0.1, 0.15) is 45.8 Å². The van der Waals surface area contributed by atoms with Crippen LogP contribution in [0, 0.1) is 0 Å². The minimum Gasteiger partial charge on any atom is -0.507 e. The van der Waals surface area contributed by atoms with Gasteiger partial charge in [-0.2, -0.15) is 0 Å². The summed E-state index contributed by atoms with van der Waals surface area (Å²) in [5.74, 6) is -0.272. The Morgan fingerprint density at radius 2 is 1.78 bits per heavy atom. The fourth-order valence-electron chi connectivity index (χ4n) is 3.82. The minimum absolute atomic E-state index is 0.0168. The standard InChI is InChI=1S/C25H26O7/c1-24(2,30)9-7-14-17(26)11-19-20(22(14)28)23(29)16(12-31-19)13-5-6-18-15(21(13)27)8-10-25(3,4)32-18/h5-6,8,10-12,26-28,30H,7,9H2,1-4H3. The number of phenolic OH excluding ortho intramolecular Hbond substituents is 3. The second-order valence-electron chi connectivity index (χ2n) is 9.30. The van der Waals surface area contributed by atoms with Gasteiger partial charge in [-0.3, -0.25) is 4.79 Å². The molecule has 2 aromatic carbocycles. The summed E-state index contributed by atoms with van der Waals surface area (Å²) < 4.78 is 11.4. The average Bonchev–Trinajstić information content (AvgIpc) is 2.67. The Bertz CT molecular complexity index is 1310. The third kappa shape index (κ3) is 3.80. The zero-order chi connectivity index (χ0) is 23.4. The van der Waals surface area contributed by atoms with Gasteiger partial charge in [-0.1, -0.05) is 0 Å². The SMILES string of the molecule is CC(C)(O)CCc1c(O)cc2occ(-c3ccc4c(c3O)C=CC(C)(C)O4)c(=O)c2c1O. The van der Waals surface area contributed by atoms with Crippen molar-refractivity contribution in [3.05, 3.63) is 51.9 Å². The number of fused-ring (bicyclic) bond motifs is 2. The summed E-state index contributed by atoms with van der Waals surface area (Å²) in [6.07, 6.45) is 5.16. The van der Waals surface area contributed by atoms with Crippen molar-refractivity contribution in [2.75, 3.05) is 0 Å².